The second kappa shape index (κ2) is 4.44. The highest BCUT2D eigenvalue weighted by molar-refractivity contribution is 5.81. The lowest BCUT2D eigenvalue weighted by Gasteiger charge is -2.23. The Labute approximate surface area is 107 Å². The van der Waals surface area contributed by atoms with Crippen LogP contribution in [0.15, 0.2) is 18.3 Å². The molecule has 2 rings (SSSR count). The maximum Gasteiger partial charge on any atom is 0.213 e. The van der Waals surface area contributed by atoms with E-state index in [9.17, 15) is 0 Å². The van der Waals surface area contributed by atoms with E-state index in [-0.39, 0.29) is 5.41 Å². The lowest BCUT2D eigenvalue weighted by molar-refractivity contribution is 0.393. The molecule has 0 aliphatic rings. The number of pyridine rings is 2. The van der Waals surface area contributed by atoms with Crippen LogP contribution in [-0.2, 0) is 5.41 Å². The summed E-state index contributed by atoms with van der Waals surface area (Å²) in [5, 5.41) is 0. The summed E-state index contributed by atoms with van der Waals surface area (Å²) >= 11 is 0. The zero-order valence-corrected chi connectivity index (χ0v) is 11.4. The second-order valence-corrected chi connectivity index (χ2v) is 5.17. The van der Waals surface area contributed by atoms with E-state index < -0.39 is 0 Å². The molecule has 0 spiro atoms. The molecule has 0 atom stereocenters. The maximum atomic E-state index is 5.41. The van der Waals surface area contributed by atoms with Gasteiger partial charge in [0.05, 0.1) is 25.9 Å². The Morgan fingerprint density at radius 1 is 1.06 bits per heavy atom. The van der Waals surface area contributed by atoms with Gasteiger partial charge in [-0.05, 0) is 11.5 Å². The highest BCUT2D eigenvalue weighted by Crippen LogP contribution is 2.36. The molecule has 0 amide bonds. The third-order valence-corrected chi connectivity index (χ3v) is 2.83. The minimum absolute atomic E-state index is 0.0775. The van der Waals surface area contributed by atoms with E-state index in [1.807, 2.05) is 12.1 Å². The summed E-state index contributed by atoms with van der Waals surface area (Å²) in [6, 6.07) is 3.73. The Hall–Kier alpha value is -1.84. The molecule has 2 aromatic heterocycles. The van der Waals surface area contributed by atoms with Crippen LogP contribution in [0.1, 0.15) is 26.3 Å². The molecule has 0 unspecified atom stereocenters. The Balaban J connectivity index is 2.83. The zero-order valence-electron chi connectivity index (χ0n) is 11.4. The van der Waals surface area contributed by atoms with Crippen LogP contribution in [0.5, 0.6) is 11.6 Å². The van der Waals surface area contributed by atoms with Crippen LogP contribution in [0.4, 0.5) is 0 Å². The first-order valence-electron chi connectivity index (χ1n) is 5.85. The normalized spacial score (nSPS) is 11.6. The average Bonchev–Trinajstić information content (AvgIpc) is 2.35. The Morgan fingerprint density at radius 2 is 1.78 bits per heavy atom. The minimum Gasteiger partial charge on any atom is -0.495 e. The summed E-state index contributed by atoms with van der Waals surface area (Å²) in [6.07, 6.45) is 1.75. The predicted molar refractivity (Wildman–Crippen MR) is 71.3 cm³/mol. The van der Waals surface area contributed by atoms with E-state index in [1.54, 1.807) is 20.4 Å². The summed E-state index contributed by atoms with van der Waals surface area (Å²) in [5.41, 5.74) is 2.66. The molecular weight excluding hydrogens is 228 g/mol. The van der Waals surface area contributed by atoms with E-state index in [0.717, 1.165) is 22.3 Å². The molecule has 2 aromatic rings. The van der Waals surface area contributed by atoms with Crippen LogP contribution in [0.25, 0.3) is 11.0 Å². The molecule has 0 radical (unpaired) electrons. The van der Waals surface area contributed by atoms with Crippen molar-refractivity contribution in [2.75, 3.05) is 14.2 Å². The monoisotopic (exact) mass is 246 g/mol. The lowest BCUT2D eigenvalue weighted by atomic mass is 9.86. The molecule has 0 bridgehead atoms. The standard InChI is InChI=1S/C14H18N2O2/c1-14(2,3)12-10(17-4)8-15-9-6-7-11(18-5)16-13(9)12/h6-8H,1-5H3. The van der Waals surface area contributed by atoms with Crippen LogP contribution >= 0.6 is 0 Å². The summed E-state index contributed by atoms with van der Waals surface area (Å²) in [5.74, 6) is 1.35. The van der Waals surface area contributed by atoms with E-state index in [0.29, 0.717) is 5.88 Å². The van der Waals surface area contributed by atoms with Crippen LogP contribution in [0, 0.1) is 0 Å². The largest absolute Gasteiger partial charge is 0.495 e. The molecule has 0 saturated carbocycles. The fourth-order valence-electron chi connectivity index (χ4n) is 2.02. The van der Waals surface area contributed by atoms with Gasteiger partial charge in [-0.25, -0.2) is 4.98 Å². The molecule has 18 heavy (non-hydrogen) atoms. The van der Waals surface area contributed by atoms with Crippen molar-refractivity contribution in [3.63, 3.8) is 0 Å². The molecule has 2 heterocycles. The molecule has 96 valence electrons. The van der Waals surface area contributed by atoms with Crippen molar-refractivity contribution in [2.45, 2.75) is 26.2 Å². The first-order chi connectivity index (χ1) is 8.47. The third kappa shape index (κ3) is 2.10. The first kappa shape index (κ1) is 12.6. The summed E-state index contributed by atoms with van der Waals surface area (Å²) in [7, 11) is 3.26. The molecule has 0 saturated heterocycles. The van der Waals surface area contributed by atoms with Crippen molar-refractivity contribution in [3.8, 4) is 11.6 Å². The second-order valence-electron chi connectivity index (χ2n) is 5.17. The maximum absolute atomic E-state index is 5.41. The van der Waals surface area contributed by atoms with Crippen molar-refractivity contribution in [1.82, 2.24) is 9.97 Å². The van der Waals surface area contributed by atoms with Gasteiger partial charge in [-0.2, -0.15) is 0 Å². The summed E-state index contributed by atoms with van der Waals surface area (Å²) in [6.45, 7) is 6.39. The van der Waals surface area contributed by atoms with E-state index in [2.05, 4.69) is 30.7 Å². The van der Waals surface area contributed by atoms with E-state index in [4.69, 9.17) is 9.47 Å². The van der Waals surface area contributed by atoms with Crippen LogP contribution in [0.3, 0.4) is 0 Å². The van der Waals surface area contributed by atoms with Crippen LogP contribution in [-0.4, -0.2) is 24.2 Å². The number of aromatic nitrogens is 2. The number of hydrogen-bond acceptors (Lipinski definition) is 4. The molecule has 0 aliphatic heterocycles. The summed E-state index contributed by atoms with van der Waals surface area (Å²) < 4.78 is 10.6. The highest BCUT2D eigenvalue weighted by Gasteiger charge is 2.23. The number of methoxy groups -OCH3 is 2. The molecule has 4 heteroatoms. The van der Waals surface area contributed by atoms with Gasteiger partial charge >= 0.3 is 0 Å². The molecule has 0 fully saturated rings. The van der Waals surface area contributed by atoms with Gasteiger partial charge < -0.3 is 9.47 Å². The van der Waals surface area contributed by atoms with Gasteiger partial charge in [0.1, 0.15) is 11.3 Å². The molecule has 0 aliphatic carbocycles. The predicted octanol–water partition coefficient (Wildman–Crippen LogP) is 2.94. The van der Waals surface area contributed by atoms with Gasteiger partial charge in [0.15, 0.2) is 0 Å². The molecule has 4 nitrogen and oxygen atoms in total. The Morgan fingerprint density at radius 3 is 2.33 bits per heavy atom. The topological polar surface area (TPSA) is 44.2 Å². The quantitative estimate of drug-likeness (QED) is 0.817. The molecule has 0 aromatic carbocycles. The van der Waals surface area contributed by atoms with Crippen molar-refractivity contribution < 1.29 is 9.47 Å². The number of nitrogens with zero attached hydrogens (tertiary/aromatic N) is 2. The Bertz CT molecular complexity index is 569. The lowest BCUT2D eigenvalue weighted by Crippen LogP contribution is -2.14. The van der Waals surface area contributed by atoms with Crippen LogP contribution in [0.2, 0.25) is 0 Å². The summed E-state index contributed by atoms with van der Waals surface area (Å²) in [4.78, 5) is 8.86. The minimum atomic E-state index is -0.0775. The van der Waals surface area contributed by atoms with Gasteiger partial charge in [0, 0.05) is 11.6 Å². The van der Waals surface area contributed by atoms with Gasteiger partial charge in [-0.15, -0.1) is 0 Å². The number of fused-ring (bicyclic) bond motifs is 1. The van der Waals surface area contributed by atoms with Gasteiger partial charge in [0.2, 0.25) is 5.88 Å². The van der Waals surface area contributed by atoms with Crippen molar-refractivity contribution >= 4 is 11.0 Å². The van der Waals surface area contributed by atoms with E-state index in [1.165, 1.54) is 0 Å². The van der Waals surface area contributed by atoms with Crippen molar-refractivity contribution in [2.24, 2.45) is 0 Å². The zero-order chi connectivity index (χ0) is 13.3. The van der Waals surface area contributed by atoms with Crippen LogP contribution < -0.4 is 9.47 Å². The Kier molecular flexibility index (Phi) is 3.11. The molecular formula is C14H18N2O2. The fourth-order valence-corrected chi connectivity index (χ4v) is 2.02. The number of rotatable bonds is 2. The van der Waals surface area contributed by atoms with Gasteiger partial charge in [-0.3, -0.25) is 4.98 Å². The first-order valence-corrected chi connectivity index (χ1v) is 5.85. The third-order valence-electron chi connectivity index (χ3n) is 2.83. The smallest absolute Gasteiger partial charge is 0.213 e. The highest BCUT2D eigenvalue weighted by atomic mass is 16.5. The van der Waals surface area contributed by atoms with Crippen molar-refractivity contribution in [3.05, 3.63) is 23.9 Å². The van der Waals surface area contributed by atoms with Gasteiger partial charge in [0.25, 0.3) is 0 Å². The number of hydrogen-bond donors (Lipinski definition) is 0. The van der Waals surface area contributed by atoms with Crippen molar-refractivity contribution in [1.29, 1.82) is 0 Å². The molecule has 0 N–H and O–H groups in total. The van der Waals surface area contributed by atoms with E-state index >= 15 is 0 Å². The van der Waals surface area contributed by atoms with Gasteiger partial charge in [-0.1, -0.05) is 20.8 Å². The fraction of sp³-hybridized carbons (Fsp3) is 0.429. The average molecular weight is 246 g/mol. The number of ether oxygens (including phenoxy) is 2. The SMILES string of the molecule is COc1ccc2ncc(OC)c(C(C)(C)C)c2n1.